The zero-order chi connectivity index (χ0) is 22.5. The van der Waals surface area contributed by atoms with Crippen LogP contribution in [0.3, 0.4) is 0 Å². The van der Waals surface area contributed by atoms with E-state index in [1.165, 1.54) is 12.1 Å². The first-order chi connectivity index (χ1) is 14.9. The predicted molar refractivity (Wildman–Crippen MR) is 115 cm³/mol. The molecular weight excluding hydrogens is 398 g/mol. The first-order valence-electron chi connectivity index (χ1n) is 9.44. The summed E-state index contributed by atoms with van der Waals surface area (Å²) in [5, 5.41) is 42.7. The Balaban J connectivity index is 2.05. The van der Waals surface area contributed by atoms with E-state index in [0.717, 1.165) is 16.7 Å². The molecule has 0 aliphatic rings. The SMILES string of the molecule is Cc1cc(CO)cc(C)c1Oc1cc(Nc2ccc(C#N)cc2)c([N+](=O)[O-])cc1CO. The van der Waals surface area contributed by atoms with E-state index in [0.29, 0.717) is 17.0 Å². The van der Waals surface area contributed by atoms with E-state index in [4.69, 9.17) is 10.00 Å². The molecule has 0 unspecified atom stereocenters. The second-order valence-electron chi connectivity index (χ2n) is 7.03. The zero-order valence-electron chi connectivity index (χ0n) is 17.0. The number of nitrogens with one attached hydrogen (secondary N) is 1. The lowest BCUT2D eigenvalue weighted by Crippen LogP contribution is -2.02. The highest BCUT2D eigenvalue weighted by atomic mass is 16.6. The van der Waals surface area contributed by atoms with Gasteiger partial charge in [-0.05, 0) is 54.8 Å². The van der Waals surface area contributed by atoms with Gasteiger partial charge in [0.2, 0.25) is 0 Å². The molecule has 0 saturated heterocycles. The van der Waals surface area contributed by atoms with Gasteiger partial charge in [-0.1, -0.05) is 12.1 Å². The Morgan fingerprint density at radius 1 is 1.06 bits per heavy atom. The maximum atomic E-state index is 11.6. The molecular formula is C23H21N3O5. The highest BCUT2D eigenvalue weighted by molar-refractivity contribution is 5.73. The van der Waals surface area contributed by atoms with Gasteiger partial charge in [-0.3, -0.25) is 10.1 Å². The van der Waals surface area contributed by atoms with Crippen LogP contribution in [-0.4, -0.2) is 15.1 Å². The number of aliphatic hydroxyl groups is 2. The van der Waals surface area contributed by atoms with E-state index in [1.807, 2.05) is 19.9 Å². The average Bonchev–Trinajstić information content (AvgIpc) is 2.76. The molecule has 0 spiro atoms. The molecule has 0 atom stereocenters. The second-order valence-corrected chi connectivity index (χ2v) is 7.03. The summed E-state index contributed by atoms with van der Waals surface area (Å²) in [4.78, 5) is 11.1. The van der Waals surface area contributed by atoms with Crippen molar-refractivity contribution in [1.82, 2.24) is 0 Å². The molecule has 0 saturated carbocycles. The van der Waals surface area contributed by atoms with Gasteiger partial charge in [0.1, 0.15) is 17.2 Å². The van der Waals surface area contributed by atoms with Gasteiger partial charge < -0.3 is 20.3 Å². The van der Waals surface area contributed by atoms with Crippen LogP contribution in [0.4, 0.5) is 17.1 Å². The molecule has 0 heterocycles. The fourth-order valence-corrected chi connectivity index (χ4v) is 3.27. The number of anilines is 2. The van der Waals surface area contributed by atoms with Crippen LogP contribution < -0.4 is 10.1 Å². The monoisotopic (exact) mass is 419 g/mol. The molecule has 0 aromatic heterocycles. The second kappa shape index (κ2) is 9.26. The quantitative estimate of drug-likeness (QED) is 0.377. The van der Waals surface area contributed by atoms with E-state index in [2.05, 4.69) is 5.32 Å². The van der Waals surface area contributed by atoms with Gasteiger partial charge >= 0.3 is 0 Å². The van der Waals surface area contributed by atoms with Crippen molar-refractivity contribution in [3.05, 3.63) is 86.5 Å². The third-order valence-electron chi connectivity index (χ3n) is 4.75. The van der Waals surface area contributed by atoms with Gasteiger partial charge in [0.05, 0.1) is 29.8 Å². The Hall–Kier alpha value is -3.93. The minimum absolute atomic E-state index is 0.0972. The van der Waals surface area contributed by atoms with Gasteiger partial charge in [0, 0.05) is 23.4 Å². The largest absolute Gasteiger partial charge is 0.456 e. The molecule has 0 bridgehead atoms. The number of ether oxygens (including phenoxy) is 1. The van der Waals surface area contributed by atoms with Crippen molar-refractivity contribution in [3.63, 3.8) is 0 Å². The van der Waals surface area contributed by atoms with Crippen LogP contribution in [0.5, 0.6) is 11.5 Å². The van der Waals surface area contributed by atoms with Crippen LogP contribution in [0.1, 0.15) is 27.8 Å². The minimum Gasteiger partial charge on any atom is -0.456 e. The summed E-state index contributed by atoms with van der Waals surface area (Å²) in [5.41, 5.74) is 3.58. The number of nitro groups is 1. The normalized spacial score (nSPS) is 10.4. The molecule has 0 amide bonds. The molecule has 0 fully saturated rings. The van der Waals surface area contributed by atoms with Crippen LogP contribution in [0.25, 0.3) is 0 Å². The minimum atomic E-state index is -0.540. The summed E-state index contributed by atoms with van der Waals surface area (Å²) in [6.07, 6.45) is 0. The Morgan fingerprint density at radius 2 is 1.71 bits per heavy atom. The summed E-state index contributed by atoms with van der Waals surface area (Å²) in [6.45, 7) is 3.13. The lowest BCUT2D eigenvalue weighted by Gasteiger charge is -2.17. The molecule has 8 nitrogen and oxygen atoms in total. The lowest BCUT2D eigenvalue weighted by molar-refractivity contribution is -0.384. The number of hydrogen-bond donors (Lipinski definition) is 3. The van der Waals surface area contributed by atoms with E-state index in [9.17, 15) is 20.3 Å². The van der Waals surface area contributed by atoms with Crippen LogP contribution in [0, 0.1) is 35.3 Å². The van der Waals surface area contributed by atoms with E-state index in [-0.39, 0.29) is 29.3 Å². The number of benzene rings is 3. The molecule has 3 N–H and O–H groups in total. The van der Waals surface area contributed by atoms with Gasteiger partial charge in [-0.2, -0.15) is 5.26 Å². The summed E-state index contributed by atoms with van der Waals surface area (Å²) in [7, 11) is 0. The van der Waals surface area contributed by atoms with Crippen LogP contribution in [-0.2, 0) is 13.2 Å². The van der Waals surface area contributed by atoms with Crippen molar-refractivity contribution >= 4 is 17.1 Å². The van der Waals surface area contributed by atoms with Crippen molar-refractivity contribution in [2.24, 2.45) is 0 Å². The maximum absolute atomic E-state index is 11.6. The van der Waals surface area contributed by atoms with Gasteiger partial charge in [0.15, 0.2) is 0 Å². The maximum Gasteiger partial charge on any atom is 0.293 e. The molecule has 3 aromatic rings. The number of rotatable bonds is 7. The smallest absolute Gasteiger partial charge is 0.293 e. The molecule has 0 aliphatic carbocycles. The Bertz CT molecular complexity index is 1140. The number of nitrogens with zero attached hydrogens (tertiary/aromatic N) is 2. The van der Waals surface area contributed by atoms with Crippen molar-refractivity contribution in [2.75, 3.05) is 5.32 Å². The fourth-order valence-electron chi connectivity index (χ4n) is 3.27. The van der Waals surface area contributed by atoms with Crippen molar-refractivity contribution < 1.29 is 19.9 Å². The molecule has 31 heavy (non-hydrogen) atoms. The molecule has 0 aliphatic heterocycles. The Morgan fingerprint density at radius 3 is 2.23 bits per heavy atom. The third-order valence-corrected chi connectivity index (χ3v) is 4.75. The standard InChI is InChI=1S/C23H21N3O5/c1-14-7-17(12-27)8-15(2)23(14)31-22-10-20(21(26(29)30)9-18(22)13-28)25-19-5-3-16(11-24)4-6-19/h3-10,25,27-28H,12-13H2,1-2H3. The van der Waals surface area contributed by atoms with Crippen LogP contribution in [0.2, 0.25) is 0 Å². The molecule has 158 valence electrons. The molecule has 0 radical (unpaired) electrons. The Kier molecular flexibility index (Phi) is 6.50. The fraction of sp³-hybridized carbons (Fsp3) is 0.174. The third kappa shape index (κ3) is 4.80. The summed E-state index contributed by atoms with van der Waals surface area (Å²) in [5.74, 6) is 0.817. The summed E-state index contributed by atoms with van der Waals surface area (Å²) in [6, 6.07) is 14.8. The van der Waals surface area contributed by atoms with Crippen molar-refractivity contribution in [3.8, 4) is 17.6 Å². The highest BCUT2D eigenvalue weighted by Crippen LogP contribution is 2.38. The summed E-state index contributed by atoms with van der Waals surface area (Å²) >= 11 is 0. The number of nitro benzene ring substituents is 1. The molecule has 8 heteroatoms. The first kappa shape index (κ1) is 21.8. The van der Waals surface area contributed by atoms with Crippen LogP contribution in [0.15, 0.2) is 48.5 Å². The molecule has 3 rings (SSSR count). The number of hydrogen-bond acceptors (Lipinski definition) is 7. The zero-order valence-corrected chi connectivity index (χ0v) is 17.0. The van der Waals surface area contributed by atoms with Crippen molar-refractivity contribution in [1.29, 1.82) is 5.26 Å². The van der Waals surface area contributed by atoms with E-state index >= 15 is 0 Å². The van der Waals surface area contributed by atoms with Crippen molar-refractivity contribution in [2.45, 2.75) is 27.1 Å². The number of aliphatic hydroxyl groups excluding tert-OH is 2. The number of nitriles is 1. The topological polar surface area (TPSA) is 129 Å². The van der Waals surface area contributed by atoms with E-state index < -0.39 is 11.5 Å². The van der Waals surface area contributed by atoms with Gasteiger partial charge in [-0.25, -0.2) is 0 Å². The first-order valence-corrected chi connectivity index (χ1v) is 9.44. The Labute approximate surface area is 179 Å². The highest BCUT2D eigenvalue weighted by Gasteiger charge is 2.20. The number of aryl methyl sites for hydroxylation is 2. The lowest BCUT2D eigenvalue weighted by atomic mass is 10.1. The average molecular weight is 419 g/mol. The molecule has 3 aromatic carbocycles. The van der Waals surface area contributed by atoms with E-state index in [1.54, 1.807) is 36.4 Å². The van der Waals surface area contributed by atoms with Gasteiger partial charge in [0.25, 0.3) is 5.69 Å². The van der Waals surface area contributed by atoms with Gasteiger partial charge in [-0.15, -0.1) is 0 Å². The van der Waals surface area contributed by atoms with Crippen LogP contribution >= 0.6 is 0 Å². The summed E-state index contributed by atoms with van der Waals surface area (Å²) < 4.78 is 6.06. The predicted octanol–water partition coefficient (Wildman–Crippen LogP) is 4.60.